The molecule has 0 aromatic heterocycles. The molecule has 0 spiro atoms. The minimum Gasteiger partial charge on any atom is -0.550 e. The van der Waals surface area contributed by atoms with Gasteiger partial charge in [0.15, 0.2) is 0 Å². The summed E-state index contributed by atoms with van der Waals surface area (Å²) in [6.07, 6.45) is 7.18. The molecule has 1 aromatic carbocycles. The number of nitrogens with one attached hydrogen (secondary N) is 1. The Morgan fingerprint density at radius 3 is 2.41 bits per heavy atom. The molecule has 4 atom stereocenters. The average molecular weight is 368 g/mol. The van der Waals surface area contributed by atoms with Crippen LogP contribution in [0, 0.1) is 23.7 Å². The Hall–Kier alpha value is -2.14. The second-order valence-corrected chi connectivity index (χ2v) is 8.30. The highest BCUT2D eigenvalue weighted by Gasteiger charge is 2.52. The van der Waals surface area contributed by atoms with Gasteiger partial charge in [-0.05, 0) is 42.7 Å². The number of carbonyl (C=O) groups is 2. The summed E-state index contributed by atoms with van der Waals surface area (Å²) in [6.45, 7) is 4.23. The molecule has 3 fully saturated rings. The average Bonchev–Trinajstić information content (AvgIpc) is 3.30. The number of carbonyl (C=O) groups excluding carboxylic acids is 2. The Labute approximate surface area is 160 Å². The van der Waals surface area contributed by atoms with Crippen molar-refractivity contribution in [3.05, 3.63) is 42.0 Å². The van der Waals surface area contributed by atoms with Gasteiger partial charge in [-0.3, -0.25) is 4.79 Å². The summed E-state index contributed by atoms with van der Waals surface area (Å²) in [5, 5.41) is 11.6. The molecule has 4 rings (SSSR count). The highest BCUT2D eigenvalue weighted by molar-refractivity contribution is 5.85. The third-order valence-electron chi connectivity index (χ3n) is 6.77. The van der Waals surface area contributed by atoms with E-state index in [4.69, 9.17) is 0 Å². The summed E-state index contributed by atoms with van der Waals surface area (Å²) in [4.78, 5) is 28.0. The number of piperazine rings is 1. The second kappa shape index (κ2) is 7.85. The molecule has 1 amide bonds. The number of nitrogens with zero attached hydrogens (tertiary/aromatic N) is 1. The molecule has 5 heteroatoms. The molecule has 1 heterocycles. The van der Waals surface area contributed by atoms with Gasteiger partial charge in [-0.1, -0.05) is 36.4 Å². The molecule has 2 saturated carbocycles. The summed E-state index contributed by atoms with van der Waals surface area (Å²) >= 11 is 0. The number of rotatable bonds is 5. The monoisotopic (exact) mass is 368 g/mol. The minimum atomic E-state index is -1.02. The fourth-order valence-electron chi connectivity index (χ4n) is 5.37. The van der Waals surface area contributed by atoms with E-state index in [1.54, 1.807) is 0 Å². The van der Waals surface area contributed by atoms with E-state index in [1.165, 1.54) is 10.5 Å². The van der Waals surface area contributed by atoms with Crippen LogP contribution in [0.5, 0.6) is 0 Å². The lowest BCUT2D eigenvalue weighted by atomic mass is 9.78. The lowest BCUT2D eigenvalue weighted by Gasteiger charge is -2.37. The van der Waals surface area contributed by atoms with E-state index >= 15 is 0 Å². The first-order chi connectivity index (χ1) is 13.1. The minimum absolute atomic E-state index is 0.0651. The molecule has 0 unspecified atom stereocenters. The molecule has 3 aliphatic rings. The topological polar surface area (TPSA) is 64.9 Å². The van der Waals surface area contributed by atoms with Gasteiger partial charge in [0.05, 0.1) is 32.7 Å². The van der Waals surface area contributed by atoms with Crippen molar-refractivity contribution in [1.82, 2.24) is 4.90 Å². The van der Waals surface area contributed by atoms with Crippen molar-refractivity contribution in [2.45, 2.75) is 19.3 Å². The maximum atomic E-state index is 13.0. The van der Waals surface area contributed by atoms with Crippen LogP contribution in [-0.4, -0.2) is 49.5 Å². The van der Waals surface area contributed by atoms with Gasteiger partial charge in [-0.2, -0.15) is 0 Å². The summed E-state index contributed by atoms with van der Waals surface area (Å²) in [5.74, 6) is -1.44. The number of benzene rings is 1. The largest absolute Gasteiger partial charge is 0.550 e. The third kappa shape index (κ3) is 3.79. The van der Waals surface area contributed by atoms with Crippen molar-refractivity contribution in [1.29, 1.82) is 0 Å². The summed E-state index contributed by atoms with van der Waals surface area (Å²) < 4.78 is 0. The van der Waals surface area contributed by atoms with Crippen molar-refractivity contribution >= 4 is 18.0 Å². The first kappa shape index (κ1) is 18.2. The molecular formula is C22H28N2O3. The van der Waals surface area contributed by atoms with Crippen LogP contribution >= 0.6 is 0 Å². The van der Waals surface area contributed by atoms with Crippen molar-refractivity contribution in [2.24, 2.45) is 23.7 Å². The molecular weight excluding hydrogens is 340 g/mol. The van der Waals surface area contributed by atoms with E-state index in [0.717, 1.165) is 52.0 Å². The van der Waals surface area contributed by atoms with Gasteiger partial charge in [0.1, 0.15) is 0 Å². The Kier molecular flexibility index (Phi) is 5.30. The van der Waals surface area contributed by atoms with Crippen LogP contribution in [0.2, 0.25) is 0 Å². The molecule has 5 nitrogen and oxygen atoms in total. The van der Waals surface area contributed by atoms with Crippen molar-refractivity contribution < 1.29 is 19.6 Å². The van der Waals surface area contributed by atoms with Gasteiger partial charge < -0.3 is 19.7 Å². The number of hydrogen-bond donors (Lipinski definition) is 1. The molecule has 0 radical (unpaired) electrons. The summed E-state index contributed by atoms with van der Waals surface area (Å²) in [6, 6.07) is 10.3. The Morgan fingerprint density at radius 1 is 1.07 bits per heavy atom. The number of amides is 1. The fraction of sp³-hybridized carbons (Fsp3) is 0.545. The van der Waals surface area contributed by atoms with Gasteiger partial charge in [0.2, 0.25) is 5.91 Å². The van der Waals surface area contributed by atoms with Crippen LogP contribution in [0.3, 0.4) is 0 Å². The van der Waals surface area contributed by atoms with Gasteiger partial charge in [0, 0.05) is 17.8 Å². The van der Waals surface area contributed by atoms with Gasteiger partial charge in [0.25, 0.3) is 0 Å². The molecule has 27 heavy (non-hydrogen) atoms. The van der Waals surface area contributed by atoms with Crippen LogP contribution in [0.1, 0.15) is 24.8 Å². The Balaban J connectivity index is 1.29. The van der Waals surface area contributed by atoms with Gasteiger partial charge in [-0.15, -0.1) is 0 Å². The predicted octanol–water partition coefficient (Wildman–Crippen LogP) is -0.161. The van der Waals surface area contributed by atoms with E-state index in [1.807, 2.05) is 23.1 Å². The zero-order chi connectivity index (χ0) is 18.8. The first-order valence-corrected chi connectivity index (χ1v) is 10.2. The SMILES string of the molecule is O=C([O-])[C@H]1[C@@H]2CC[C@H](C2)[C@@H]1C(=O)N1CC[NH+](C/C=C/c2ccccc2)CC1. The van der Waals surface area contributed by atoms with Crippen LogP contribution in [-0.2, 0) is 9.59 Å². The highest BCUT2D eigenvalue weighted by Crippen LogP contribution is 2.52. The molecule has 1 aliphatic heterocycles. The van der Waals surface area contributed by atoms with Crippen LogP contribution in [0.25, 0.3) is 6.08 Å². The first-order valence-electron chi connectivity index (χ1n) is 10.2. The molecule has 2 bridgehead atoms. The maximum Gasteiger partial charge on any atom is 0.227 e. The normalized spacial score (nSPS) is 30.9. The number of aliphatic carboxylic acids is 1. The van der Waals surface area contributed by atoms with Crippen molar-refractivity contribution in [3.8, 4) is 0 Å². The standard InChI is InChI=1S/C22H28N2O3/c25-21(19-17-8-9-18(15-17)20(19)22(26)27)24-13-11-23(12-14-24)10-4-7-16-5-2-1-3-6-16/h1-7,17-20H,8-15H2,(H,26,27)/b7-4+/t17-,18-,19+,20+/m1/s1. The number of carboxylic acid groups (broad SMARTS) is 1. The zero-order valence-electron chi connectivity index (χ0n) is 15.7. The number of fused-ring (bicyclic) bond motifs is 2. The third-order valence-corrected chi connectivity index (χ3v) is 6.77. The molecule has 2 aliphatic carbocycles. The Morgan fingerprint density at radius 2 is 1.74 bits per heavy atom. The highest BCUT2D eigenvalue weighted by atomic mass is 16.4. The van der Waals surface area contributed by atoms with Crippen LogP contribution < -0.4 is 10.0 Å². The smallest absolute Gasteiger partial charge is 0.227 e. The van der Waals surface area contributed by atoms with Crippen molar-refractivity contribution in [3.63, 3.8) is 0 Å². The van der Waals surface area contributed by atoms with Gasteiger partial charge in [-0.25, -0.2) is 0 Å². The molecule has 1 saturated heterocycles. The van der Waals surface area contributed by atoms with Crippen LogP contribution in [0.4, 0.5) is 0 Å². The van der Waals surface area contributed by atoms with E-state index in [2.05, 4.69) is 24.3 Å². The number of carboxylic acids is 1. The Bertz CT molecular complexity index is 710. The molecule has 1 N–H and O–H groups in total. The number of quaternary nitrogens is 1. The lowest BCUT2D eigenvalue weighted by molar-refractivity contribution is -0.898. The molecule has 1 aromatic rings. The maximum absolute atomic E-state index is 13.0. The fourth-order valence-corrected chi connectivity index (χ4v) is 5.37. The molecule has 144 valence electrons. The summed E-state index contributed by atoms with van der Waals surface area (Å²) in [5.41, 5.74) is 1.20. The predicted molar refractivity (Wildman–Crippen MR) is 100 cm³/mol. The van der Waals surface area contributed by atoms with E-state index in [9.17, 15) is 14.7 Å². The van der Waals surface area contributed by atoms with E-state index < -0.39 is 11.9 Å². The number of hydrogen-bond acceptors (Lipinski definition) is 3. The lowest BCUT2D eigenvalue weighted by Crippen LogP contribution is -3.14. The van der Waals surface area contributed by atoms with Gasteiger partial charge >= 0.3 is 0 Å². The second-order valence-electron chi connectivity index (χ2n) is 8.30. The van der Waals surface area contributed by atoms with Crippen molar-refractivity contribution in [2.75, 3.05) is 32.7 Å². The summed E-state index contributed by atoms with van der Waals surface area (Å²) in [7, 11) is 0. The van der Waals surface area contributed by atoms with Crippen LogP contribution in [0.15, 0.2) is 36.4 Å². The van der Waals surface area contributed by atoms with E-state index in [-0.39, 0.29) is 23.7 Å². The van der Waals surface area contributed by atoms with E-state index in [0.29, 0.717) is 0 Å². The zero-order valence-corrected chi connectivity index (χ0v) is 15.7. The quantitative estimate of drug-likeness (QED) is 0.786.